The van der Waals surface area contributed by atoms with Crippen LogP contribution in [0, 0.1) is 27.7 Å². The van der Waals surface area contributed by atoms with Crippen molar-refractivity contribution in [1.29, 1.82) is 0 Å². The average Bonchev–Trinajstić information content (AvgIpc) is 2.70. The van der Waals surface area contributed by atoms with E-state index in [1.165, 1.54) is 4.31 Å². The molecule has 1 N–H and O–H groups in total. The molecule has 0 spiro atoms. The summed E-state index contributed by atoms with van der Waals surface area (Å²) in [7, 11) is -3.67. The molecule has 5 nitrogen and oxygen atoms in total. The van der Waals surface area contributed by atoms with Crippen LogP contribution in [0.15, 0.2) is 66.7 Å². The first-order chi connectivity index (χ1) is 15.1. The van der Waals surface area contributed by atoms with Gasteiger partial charge in [0.2, 0.25) is 15.9 Å². The van der Waals surface area contributed by atoms with Gasteiger partial charge in [-0.15, -0.1) is 0 Å². The van der Waals surface area contributed by atoms with E-state index in [0.717, 1.165) is 39.6 Å². The standard InChI is InChI=1S/C26H30N2O3S/c1-18-10-9-13-23(16-18)25(22-11-7-6-8-12-22)27-24(29)17-28(32(5,30)31)26-20(3)14-19(2)15-21(26)4/h6-16,25H,17H2,1-5H3,(H,27,29). The van der Waals surface area contributed by atoms with Gasteiger partial charge in [0.25, 0.3) is 0 Å². The Balaban J connectivity index is 1.95. The maximum absolute atomic E-state index is 13.2. The minimum atomic E-state index is -3.67. The number of hydrogen-bond donors (Lipinski definition) is 1. The predicted octanol–water partition coefficient (Wildman–Crippen LogP) is 4.59. The highest BCUT2D eigenvalue weighted by Crippen LogP contribution is 2.29. The third-order valence-electron chi connectivity index (χ3n) is 5.39. The van der Waals surface area contributed by atoms with Gasteiger partial charge >= 0.3 is 0 Å². The summed E-state index contributed by atoms with van der Waals surface area (Å²) in [6.07, 6.45) is 1.13. The average molecular weight is 451 g/mol. The molecule has 0 radical (unpaired) electrons. The molecule has 0 aliphatic carbocycles. The Hall–Kier alpha value is -3.12. The van der Waals surface area contributed by atoms with Gasteiger partial charge in [-0.05, 0) is 49.9 Å². The maximum Gasteiger partial charge on any atom is 0.241 e. The topological polar surface area (TPSA) is 66.5 Å². The van der Waals surface area contributed by atoms with Crippen LogP contribution in [-0.2, 0) is 14.8 Å². The summed E-state index contributed by atoms with van der Waals surface area (Å²) < 4.78 is 26.5. The molecule has 168 valence electrons. The van der Waals surface area contributed by atoms with Gasteiger partial charge in [0.1, 0.15) is 6.54 Å². The highest BCUT2D eigenvalue weighted by molar-refractivity contribution is 7.92. The van der Waals surface area contributed by atoms with Crippen molar-refractivity contribution in [3.05, 3.63) is 100 Å². The van der Waals surface area contributed by atoms with E-state index in [2.05, 4.69) is 5.32 Å². The summed E-state index contributed by atoms with van der Waals surface area (Å²) in [5, 5.41) is 3.05. The fourth-order valence-electron chi connectivity index (χ4n) is 4.12. The molecule has 0 aliphatic rings. The number of aryl methyl sites for hydroxylation is 4. The van der Waals surface area contributed by atoms with E-state index >= 15 is 0 Å². The minimum absolute atomic E-state index is 0.293. The SMILES string of the molecule is Cc1cccc(C(NC(=O)CN(c2c(C)cc(C)cc2C)S(C)(=O)=O)c2ccccc2)c1. The van der Waals surface area contributed by atoms with Crippen LogP contribution in [0.4, 0.5) is 5.69 Å². The molecular weight excluding hydrogens is 420 g/mol. The molecule has 0 aliphatic heterocycles. The third-order valence-corrected chi connectivity index (χ3v) is 6.50. The number of anilines is 1. The maximum atomic E-state index is 13.2. The predicted molar refractivity (Wildman–Crippen MR) is 130 cm³/mol. The Bertz CT molecular complexity index is 1200. The molecule has 6 heteroatoms. The van der Waals surface area contributed by atoms with Crippen LogP contribution in [0.1, 0.15) is 39.4 Å². The summed E-state index contributed by atoms with van der Waals surface area (Å²) in [4.78, 5) is 13.2. The van der Waals surface area contributed by atoms with Gasteiger partial charge in [-0.2, -0.15) is 0 Å². The van der Waals surface area contributed by atoms with Gasteiger partial charge in [-0.1, -0.05) is 77.9 Å². The highest BCUT2D eigenvalue weighted by Gasteiger charge is 2.26. The first-order valence-corrected chi connectivity index (χ1v) is 12.4. The molecule has 0 heterocycles. The number of sulfonamides is 1. The molecule has 0 aromatic heterocycles. The molecule has 3 rings (SSSR count). The lowest BCUT2D eigenvalue weighted by Gasteiger charge is -2.27. The van der Waals surface area contributed by atoms with Crippen molar-refractivity contribution in [2.45, 2.75) is 33.7 Å². The number of carbonyl (C=O) groups excluding carboxylic acids is 1. The molecule has 1 unspecified atom stereocenters. The largest absolute Gasteiger partial charge is 0.344 e. The Morgan fingerprint density at radius 2 is 1.44 bits per heavy atom. The second-order valence-corrected chi connectivity index (χ2v) is 10.2. The molecule has 0 fully saturated rings. The van der Waals surface area contributed by atoms with E-state index in [9.17, 15) is 13.2 Å². The summed E-state index contributed by atoms with van der Waals surface area (Å²) in [5.74, 6) is -0.370. The fraction of sp³-hybridized carbons (Fsp3) is 0.269. The molecule has 32 heavy (non-hydrogen) atoms. The summed E-state index contributed by atoms with van der Waals surface area (Å²) in [6.45, 7) is 7.41. The minimum Gasteiger partial charge on any atom is -0.344 e. The number of carbonyl (C=O) groups is 1. The molecule has 0 saturated carbocycles. The third kappa shape index (κ3) is 5.56. The van der Waals surface area contributed by atoms with Crippen molar-refractivity contribution in [1.82, 2.24) is 5.32 Å². The quantitative estimate of drug-likeness (QED) is 0.572. The summed E-state index contributed by atoms with van der Waals surface area (Å²) in [6, 6.07) is 21.1. The summed E-state index contributed by atoms with van der Waals surface area (Å²) in [5.41, 5.74) is 6.20. The van der Waals surface area contributed by atoms with Crippen molar-refractivity contribution in [3.63, 3.8) is 0 Å². The second kappa shape index (κ2) is 9.57. The number of benzene rings is 3. The van der Waals surface area contributed by atoms with Gasteiger partial charge < -0.3 is 5.32 Å². The van der Waals surface area contributed by atoms with Gasteiger partial charge in [-0.25, -0.2) is 8.42 Å². The number of nitrogens with zero attached hydrogens (tertiary/aromatic N) is 1. The second-order valence-electron chi connectivity index (χ2n) is 8.34. The van der Waals surface area contributed by atoms with Gasteiger partial charge in [0.05, 0.1) is 18.0 Å². The Kier molecular flexibility index (Phi) is 7.04. The van der Waals surface area contributed by atoms with Crippen LogP contribution in [-0.4, -0.2) is 27.1 Å². The normalized spacial score (nSPS) is 12.3. The van der Waals surface area contributed by atoms with Crippen LogP contribution in [0.2, 0.25) is 0 Å². The van der Waals surface area contributed by atoms with Crippen molar-refractivity contribution in [3.8, 4) is 0 Å². The summed E-state index contributed by atoms with van der Waals surface area (Å²) >= 11 is 0. The van der Waals surface area contributed by atoms with Crippen LogP contribution in [0.3, 0.4) is 0 Å². The molecule has 0 bridgehead atoms. The van der Waals surface area contributed by atoms with Gasteiger partial charge in [0, 0.05) is 0 Å². The Morgan fingerprint density at radius 3 is 2.00 bits per heavy atom. The molecular formula is C26H30N2O3S. The number of nitrogens with one attached hydrogen (secondary N) is 1. The first kappa shape index (κ1) is 23.5. The van der Waals surface area contributed by atoms with Crippen molar-refractivity contribution < 1.29 is 13.2 Å². The van der Waals surface area contributed by atoms with E-state index in [4.69, 9.17) is 0 Å². The van der Waals surface area contributed by atoms with Crippen LogP contribution in [0.25, 0.3) is 0 Å². The first-order valence-electron chi connectivity index (χ1n) is 10.5. The van der Waals surface area contributed by atoms with Crippen LogP contribution in [0.5, 0.6) is 0 Å². The lowest BCUT2D eigenvalue weighted by atomic mass is 9.97. The lowest BCUT2D eigenvalue weighted by molar-refractivity contribution is -0.120. The van der Waals surface area contributed by atoms with Crippen LogP contribution < -0.4 is 9.62 Å². The zero-order valence-corrected chi connectivity index (χ0v) is 20.0. The smallest absolute Gasteiger partial charge is 0.241 e. The molecule has 3 aromatic carbocycles. The molecule has 0 saturated heterocycles. The molecule has 1 atom stereocenters. The lowest BCUT2D eigenvalue weighted by Crippen LogP contribution is -2.42. The molecule has 3 aromatic rings. The monoisotopic (exact) mass is 450 g/mol. The van der Waals surface area contributed by atoms with E-state index in [-0.39, 0.29) is 18.5 Å². The van der Waals surface area contributed by atoms with Gasteiger partial charge in [-0.3, -0.25) is 9.10 Å². The number of amides is 1. The van der Waals surface area contributed by atoms with Gasteiger partial charge in [0.15, 0.2) is 0 Å². The van der Waals surface area contributed by atoms with Crippen LogP contribution >= 0.6 is 0 Å². The fourth-order valence-corrected chi connectivity index (χ4v) is 5.09. The molecule has 1 amide bonds. The van der Waals surface area contributed by atoms with Crippen molar-refractivity contribution in [2.24, 2.45) is 0 Å². The van der Waals surface area contributed by atoms with Crippen molar-refractivity contribution >= 4 is 21.6 Å². The number of rotatable bonds is 7. The number of hydrogen-bond acceptors (Lipinski definition) is 3. The van der Waals surface area contributed by atoms with E-state index in [1.54, 1.807) is 0 Å². The van der Waals surface area contributed by atoms with Crippen molar-refractivity contribution in [2.75, 3.05) is 17.1 Å². The van der Waals surface area contributed by atoms with E-state index < -0.39 is 10.0 Å². The Morgan fingerprint density at radius 1 is 0.844 bits per heavy atom. The zero-order chi connectivity index (χ0) is 23.5. The highest BCUT2D eigenvalue weighted by atomic mass is 32.2. The van der Waals surface area contributed by atoms with E-state index in [1.807, 2.05) is 94.4 Å². The Labute approximate surface area is 191 Å². The zero-order valence-electron chi connectivity index (χ0n) is 19.2. The van der Waals surface area contributed by atoms with E-state index in [0.29, 0.717) is 5.69 Å².